The van der Waals surface area contributed by atoms with E-state index < -0.39 is 17.3 Å². The number of benzene rings is 1. The van der Waals surface area contributed by atoms with E-state index in [4.69, 9.17) is 24.7 Å². The summed E-state index contributed by atoms with van der Waals surface area (Å²) in [6.07, 6.45) is 0.176. The van der Waals surface area contributed by atoms with Crippen LogP contribution in [0.4, 0.5) is 10.6 Å². The highest BCUT2D eigenvalue weighted by atomic mass is 16.6. The van der Waals surface area contributed by atoms with Crippen molar-refractivity contribution < 1.29 is 28.5 Å². The van der Waals surface area contributed by atoms with Crippen molar-refractivity contribution in [1.29, 1.82) is 0 Å². The summed E-state index contributed by atoms with van der Waals surface area (Å²) in [5, 5.41) is 2.68. The van der Waals surface area contributed by atoms with Crippen LogP contribution in [0.1, 0.15) is 66.0 Å². The van der Waals surface area contributed by atoms with Crippen LogP contribution in [0.2, 0.25) is 0 Å². The molecule has 218 valence electrons. The van der Waals surface area contributed by atoms with E-state index in [1.54, 1.807) is 25.3 Å². The molecule has 40 heavy (non-hydrogen) atoms. The first kappa shape index (κ1) is 30.5. The highest BCUT2D eigenvalue weighted by Gasteiger charge is 2.20. The van der Waals surface area contributed by atoms with E-state index in [0.29, 0.717) is 43.3 Å². The Morgan fingerprint density at radius 1 is 0.975 bits per heavy atom. The summed E-state index contributed by atoms with van der Waals surface area (Å²) in [4.78, 5) is 37.4. The number of fused-ring (bicyclic) bond motifs is 1. The first-order chi connectivity index (χ1) is 18.7. The van der Waals surface area contributed by atoms with E-state index in [1.807, 2.05) is 52.0 Å². The molecule has 0 saturated carbocycles. The Bertz CT molecular complexity index is 1330. The number of esters is 1. The minimum absolute atomic E-state index is 0.0881. The fourth-order valence-corrected chi connectivity index (χ4v) is 3.73. The van der Waals surface area contributed by atoms with Gasteiger partial charge in [-0.15, -0.1) is 0 Å². The number of anilines is 1. The zero-order valence-corrected chi connectivity index (χ0v) is 24.4. The molecule has 0 unspecified atom stereocenters. The molecule has 2 heterocycles. The molecule has 12 heteroatoms. The van der Waals surface area contributed by atoms with Gasteiger partial charge in [0, 0.05) is 6.54 Å². The van der Waals surface area contributed by atoms with Crippen LogP contribution in [-0.4, -0.2) is 62.5 Å². The van der Waals surface area contributed by atoms with Crippen molar-refractivity contribution in [3.8, 4) is 12.0 Å². The van der Waals surface area contributed by atoms with Gasteiger partial charge in [0.1, 0.15) is 11.2 Å². The lowest BCUT2D eigenvalue weighted by Crippen LogP contribution is -2.33. The number of amides is 1. The number of rotatable bonds is 11. The van der Waals surface area contributed by atoms with Gasteiger partial charge >= 0.3 is 18.1 Å². The van der Waals surface area contributed by atoms with Crippen LogP contribution >= 0.6 is 0 Å². The molecule has 1 amide bonds. The van der Waals surface area contributed by atoms with Crippen molar-refractivity contribution in [3.63, 3.8) is 0 Å². The van der Waals surface area contributed by atoms with Crippen LogP contribution in [0.25, 0.3) is 11.2 Å². The van der Waals surface area contributed by atoms with E-state index in [-0.39, 0.29) is 30.8 Å². The second-order valence-corrected chi connectivity index (χ2v) is 11.2. The second kappa shape index (κ2) is 12.8. The minimum Gasteiger partial charge on any atom is -0.465 e. The summed E-state index contributed by atoms with van der Waals surface area (Å²) in [5.74, 6) is -0.137. The maximum Gasteiger partial charge on any atom is 0.407 e. The van der Waals surface area contributed by atoms with E-state index >= 15 is 0 Å². The lowest BCUT2D eigenvalue weighted by Gasteiger charge is -2.19. The molecule has 12 nitrogen and oxygen atoms in total. The molecule has 0 fully saturated rings. The number of ether oxygens (including phenoxy) is 4. The first-order valence-corrected chi connectivity index (χ1v) is 13.3. The Morgan fingerprint density at radius 2 is 1.68 bits per heavy atom. The van der Waals surface area contributed by atoms with E-state index in [9.17, 15) is 9.59 Å². The smallest absolute Gasteiger partial charge is 0.407 e. The van der Waals surface area contributed by atoms with Gasteiger partial charge in [0.15, 0.2) is 17.0 Å². The quantitative estimate of drug-likeness (QED) is 0.261. The fourth-order valence-electron chi connectivity index (χ4n) is 3.73. The number of imidazole rings is 1. The van der Waals surface area contributed by atoms with Gasteiger partial charge in [-0.05, 0) is 66.0 Å². The molecule has 3 aromatic rings. The predicted octanol–water partition coefficient (Wildman–Crippen LogP) is 4.03. The number of nitrogens with zero attached hydrogens (tertiary/aromatic N) is 4. The number of nitrogen functional groups attached to an aromatic ring is 1. The average Bonchev–Trinajstić information content (AvgIpc) is 3.14. The number of hydrogen-bond acceptors (Lipinski definition) is 10. The van der Waals surface area contributed by atoms with Gasteiger partial charge in [-0.1, -0.05) is 24.3 Å². The van der Waals surface area contributed by atoms with Gasteiger partial charge in [0.25, 0.3) is 6.01 Å². The Balaban J connectivity index is 1.74. The van der Waals surface area contributed by atoms with Crippen molar-refractivity contribution in [2.75, 3.05) is 25.5 Å². The number of hydrogen-bond donors (Lipinski definition) is 2. The van der Waals surface area contributed by atoms with Gasteiger partial charge in [-0.3, -0.25) is 9.36 Å². The molecule has 3 N–H and O–H groups in total. The van der Waals surface area contributed by atoms with Crippen LogP contribution in [0, 0.1) is 0 Å². The van der Waals surface area contributed by atoms with Crippen molar-refractivity contribution in [2.45, 2.75) is 79.1 Å². The van der Waals surface area contributed by atoms with Gasteiger partial charge in [0.2, 0.25) is 0 Å². The van der Waals surface area contributed by atoms with Crippen molar-refractivity contribution in [3.05, 3.63) is 35.4 Å². The standard InChI is InChI=1S/C28H40N6O6/c1-8-37-25-31-21-22(29)32-24(38-14-10-13-30-26(36)40-28(5,6)7)33-23(21)34(25)17-19-12-9-11-18(15-19)16-20(35)39-27(2,3)4/h9,11-12,15H,8,10,13-14,16-17H2,1-7H3,(H,30,36)(H2,29,32,33). The molecule has 0 radical (unpaired) electrons. The highest BCUT2D eigenvalue weighted by Crippen LogP contribution is 2.27. The minimum atomic E-state index is -0.565. The largest absolute Gasteiger partial charge is 0.465 e. The average molecular weight is 557 g/mol. The topological polar surface area (TPSA) is 153 Å². The Hall–Kier alpha value is -4.09. The Labute approximate surface area is 234 Å². The molecule has 0 spiro atoms. The SMILES string of the molecule is CCOc1nc2c(N)nc(OCCCNC(=O)OC(C)(C)C)nc2n1Cc1cccc(CC(=O)OC(C)(C)C)c1. The normalized spacial score (nSPS) is 11.8. The molecule has 0 bridgehead atoms. The zero-order chi connectivity index (χ0) is 29.5. The van der Waals surface area contributed by atoms with E-state index in [0.717, 1.165) is 11.1 Å². The number of carbonyl (C=O) groups excluding carboxylic acids is 2. The third kappa shape index (κ3) is 9.28. The zero-order valence-electron chi connectivity index (χ0n) is 24.4. The third-order valence-corrected chi connectivity index (χ3v) is 5.16. The molecule has 0 aliphatic rings. The predicted molar refractivity (Wildman–Crippen MR) is 150 cm³/mol. The summed E-state index contributed by atoms with van der Waals surface area (Å²) in [6.45, 7) is 14.2. The first-order valence-electron chi connectivity index (χ1n) is 13.3. The summed E-state index contributed by atoms with van der Waals surface area (Å²) >= 11 is 0. The van der Waals surface area contributed by atoms with E-state index in [1.165, 1.54) is 0 Å². The molecule has 2 aromatic heterocycles. The summed E-state index contributed by atoms with van der Waals surface area (Å²) in [6, 6.07) is 8.08. The number of nitrogens with two attached hydrogens (primary N) is 1. The third-order valence-electron chi connectivity index (χ3n) is 5.16. The summed E-state index contributed by atoms with van der Waals surface area (Å²) in [7, 11) is 0. The van der Waals surface area contributed by atoms with Crippen LogP contribution in [0.15, 0.2) is 24.3 Å². The van der Waals surface area contributed by atoms with Crippen molar-refractivity contribution in [2.24, 2.45) is 0 Å². The maximum absolute atomic E-state index is 12.3. The van der Waals surface area contributed by atoms with Crippen LogP contribution < -0.4 is 20.5 Å². The molecule has 0 aliphatic carbocycles. The second-order valence-electron chi connectivity index (χ2n) is 11.2. The molecule has 0 aliphatic heterocycles. The van der Waals surface area contributed by atoms with Gasteiger partial charge < -0.3 is 30.0 Å². The highest BCUT2D eigenvalue weighted by molar-refractivity contribution is 5.83. The summed E-state index contributed by atoms with van der Waals surface area (Å²) in [5.41, 5.74) is 7.67. The van der Waals surface area contributed by atoms with E-state index in [2.05, 4.69) is 20.3 Å². The van der Waals surface area contributed by atoms with Gasteiger partial charge in [-0.2, -0.15) is 15.0 Å². The lowest BCUT2D eigenvalue weighted by molar-refractivity contribution is -0.153. The molecule has 3 rings (SSSR count). The molecular weight excluding hydrogens is 516 g/mol. The Kier molecular flexibility index (Phi) is 9.78. The summed E-state index contributed by atoms with van der Waals surface area (Å²) < 4.78 is 24.0. The van der Waals surface area contributed by atoms with Gasteiger partial charge in [0.05, 0.1) is 26.2 Å². The fraction of sp³-hybridized carbons (Fsp3) is 0.536. The number of nitrogens with one attached hydrogen (secondary N) is 1. The monoisotopic (exact) mass is 556 g/mol. The lowest BCUT2D eigenvalue weighted by atomic mass is 10.1. The number of carbonyl (C=O) groups is 2. The van der Waals surface area contributed by atoms with Crippen molar-refractivity contribution in [1.82, 2.24) is 24.8 Å². The van der Waals surface area contributed by atoms with Crippen LogP contribution in [0.5, 0.6) is 12.0 Å². The maximum atomic E-state index is 12.3. The van der Waals surface area contributed by atoms with Crippen LogP contribution in [-0.2, 0) is 27.2 Å². The van der Waals surface area contributed by atoms with Crippen molar-refractivity contribution >= 4 is 29.0 Å². The number of aromatic nitrogens is 4. The molecular formula is C28H40N6O6. The number of alkyl carbamates (subject to hydrolysis) is 1. The van der Waals surface area contributed by atoms with Crippen LogP contribution in [0.3, 0.4) is 0 Å². The Morgan fingerprint density at radius 3 is 2.35 bits per heavy atom. The molecule has 1 aromatic carbocycles. The van der Waals surface area contributed by atoms with Gasteiger partial charge in [-0.25, -0.2) is 4.79 Å². The molecule has 0 atom stereocenters. The molecule has 0 saturated heterocycles.